The van der Waals surface area contributed by atoms with E-state index in [-0.39, 0.29) is 5.91 Å². The maximum Gasteiger partial charge on any atom is 0.271 e. The van der Waals surface area contributed by atoms with Crippen molar-refractivity contribution in [2.24, 2.45) is 0 Å². The molecule has 0 spiro atoms. The van der Waals surface area contributed by atoms with E-state index in [4.69, 9.17) is 0 Å². The predicted octanol–water partition coefficient (Wildman–Crippen LogP) is 2.35. The molecule has 1 N–H and O–H groups in total. The van der Waals surface area contributed by atoms with Crippen LogP contribution in [0.25, 0.3) is 0 Å². The summed E-state index contributed by atoms with van der Waals surface area (Å²) >= 11 is 0. The Kier molecular flexibility index (Phi) is 3.61. The number of carbonyl (C=O) groups is 1. The molecule has 2 rings (SSSR count). The molecule has 1 aliphatic carbocycles. The smallest absolute Gasteiger partial charge is 0.271 e. The Bertz CT molecular complexity index is 484. The molecule has 1 saturated carbocycles. The van der Waals surface area contributed by atoms with Gasteiger partial charge in [0.05, 0.1) is 6.07 Å². The van der Waals surface area contributed by atoms with Crippen LogP contribution in [0.2, 0.25) is 0 Å². The lowest BCUT2D eigenvalue weighted by molar-refractivity contribution is 0.0897. The van der Waals surface area contributed by atoms with Crippen LogP contribution >= 0.6 is 0 Å². The average Bonchev–Trinajstić information content (AvgIpc) is 2.40. The van der Waals surface area contributed by atoms with Gasteiger partial charge in [-0.25, -0.2) is 4.98 Å². The molecule has 1 aromatic heterocycles. The summed E-state index contributed by atoms with van der Waals surface area (Å²) in [5, 5.41) is 12.2. The Labute approximate surface area is 107 Å². The summed E-state index contributed by atoms with van der Waals surface area (Å²) in [5.74, 6) is -0.248. The van der Waals surface area contributed by atoms with Gasteiger partial charge >= 0.3 is 0 Å². The van der Waals surface area contributed by atoms with Crippen LogP contribution in [0.3, 0.4) is 0 Å². The van der Waals surface area contributed by atoms with Gasteiger partial charge in [-0.3, -0.25) is 4.79 Å². The van der Waals surface area contributed by atoms with Gasteiger partial charge in [-0.2, -0.15) is 5.26 Å². The quantitative estimate of drug-likeness (QED) is 0.867. The average molecular weight is 243 g/mol. The number of hydrogen-bond acceptors (Lipinski definition) is 3. The normalized spacial score (nSPS) is 17.8. The lowest BCUT2D eigenvalue weighted by Gasteiger charge is -2.31. The van der Waals surface area contributed by atoms with Gasteiger partial charge in [-0.1, -0.05) is 25.3 Å². The molecule has 18 heavy (non-hydrogen) atoms. The van der Waals surface area contributed by atoms with Crippen molar-refractivity contribution in [2.75, 3.05) is 0 Å². The number of nitrogens with one attached hydrogen (secondary N) is 1. The summed E-state index contributed by atoms with van der Waals surface area (Å²) < 4.78 is 0. The van der Waals surface area contributed by atoms with E-state index in [9.17, 15) is 10.1 Å². The molecule has 1 aromatic rings. The van der Waals surface area contributed by atoms with Gasteiger partial charge in [0.25, 0.3) is 5.91 Å². The molecular weight excluding hydrogens is 226 g/mol. The van der Waals surface area contributed by atoms with Gasteiger partial charge in [0.2, 0.25) is 0 Å². The second-order valence-electron chi connectivity index (χ2n) is 4.87. The van der Waals surface area contributed by atoms with E-state index in [2.05, 4.69) is 16.4 Å². The second-order valence-corrected chi connectivity index (χ2v) is 4.87. The molecule has 94 valence electrons. The number of pyridine rings is 1. The minimum atomic E-state index is -0.694. The molecule has 0 atom stereocenters. The van der Waals surface area contributed by atoms with Gasteiger partial charge in [0, 0.05) is 5.69 Å². The van der Waals surface area contributed by atoms with E-state index in [1.54, 1.807) is 12.1 Å². The molecule has 4 heteroatoms. The van der Waals surface area contributed by atoms with Crippen molar-refractivity contribution < 1.29 is 4.79 Å². The van der Waals surface area contributed by atoms with E-state index in [0.717, 1.165) is 37.8 Å². The summed E-state index contributed by atoms with van der Waals surface area (Å²) in [7, 11) is 0. The van der Waals surface area contributed by atoms with Gasteiger partial charge in [0.1, 0.15) is 11.2 Å². The van der Waals surface area contributed by atoms with E-state index >= 15 is 0 Å². The minimum Gasteiger partial charge on any atom is -0.332 e. The van der Waals surface area contributed by atoms with Crippen LogP contribution in [0.4, 0.5) is 0 Å². The Hall–Kier alpha value is -1.89. The molecule has 1 amide bonds. The van der Waals surface area contributed by atoms with Crippen LogP contribution in [-0.2, 0) is 0 Å². The van der Waals surface area contributed by atoms with Crippen LogP contribution in [-0.4, -0.2) is 16.4 Å². The number of rotatable bonds is 2. The van der Waals surface area contributed by atoms with Gasteiger partial charge < -0.3 is 5.32 Å². The summed E-state index contributed by atoms with van der Waals surface area (Å²) in [6, 6.07) is 7.60. The van der Waals surface area contributed by atoms with Crippen LogP contribution in [0.1, 0.15) is 48.3 Å². The molecular formula is C14H17N3O. The predicted molar refractivity (Wildman–Crippen MR) is 67.9 cm³/mol. The van der Waals surface area contributed by atoms with E-state index < -0.39 is 5.54 Å². The van der Waals surface area contributed by atoms with E-state index in [0.29, 0.717) is 5.69 Å². The number of carbonyl (C=O) groups excluding carboxylic acids is 1. The fraction of sp³-hybridized carbons (Fsp3) is 0.500. The first-order valence-corrected chi connectivity index (χ1v) is 6.33. The van der Waals surface area contributed by atoms with Crippen LogP contribution in [0.5, 0.6) is 0 Å². The first kappa shape index (κ1) is 12.6. The van der Waals surface area contributed by atoms with Crippen molar-refractivity contribution in [3.63, 3.8) is 0 Å². The fourth-order valence-electron chi connectivity index (χ4n) is 2.37. The number of nitrogens with zero attached hydrogens (tertiary/aromatic N) is 2. The van der Waals surface area contributed by atoms with Gasteiger partial charge in [-0.05, 0) is 31.9 Å². The molecule has 1 fully saturated rings. The zero-order valence-electron chi connectivity index (χ0n) is 10.6. The molecule has 0 aromatic carbocycles. The molecule has 0 aliphatic heterocycles. The lowest BCUT2D eigenvalue weighted by atomic mass is 9.83. The van der Waals surface area contributed by atoms with Crippen molar-refractivity contribution in [3.05, 3.63) is 29.6 Å². The lowest BCUT2D eigenvalue weighted by Crippen LogP contribution is -2.48. The maximum atomic E-state index is 12.1. The highest BCUT2D eigenvalue weighted by Gasteiger charge is 2.34. The third-order valence-electron chi connectivity index (χ3n) is 3.39. The first-order valence-electron chi connectivity index (χ1n) is 6.33. The highest BCUT2D eigenvalue weighted by atomic mass is 16.2. The van der Waals surface area contributed by atoms with Gasteiger partial charge in [-0.15, -0.1) is 0 Å². The third-order valence-corrected chi connectivity index (χ3v) is 3.39. The van der Waals surface area contributed by atoms with Crippen molar-refractivity contribution in [3.8, 4) is 6.07 Å². The zero-order chi connectivity index (χ0) is 13.0. The van der Waals surface area contributed by atoms with Crippen LogP contribution in [0, 0.1) is 18.3 Å². The molecule has 1 heterocycles. The summed E-state index contributed by atoms with van der Waals surface area (Å²) in [6.07, 6.45) is 4.61. The molecule has 0 radical (unpaired) electrons. The molecule has 4 nitrogen and oxygen atoms in total. The molecule has 0 saturated heterocycles. The summed E-state index contributed by atoms with van der Waals surface area (Å²) in [4.78, 5) is 16.3. The number of aromatic nitrogens is 1. The Balaban J connectivity index is 2.13. The SMILES string of the molecule is Cc1cccc(C(=O)NC2(C#N)CCCCC2)n1. The molecule has 0 unspecified atom stereocenters. The van der Waals surface area contributed by atoms with Crippen molar-refractivity contribution in [1.82, 2.24) is 10.3 Å². The highest BCUT2D eigenvalue weighted by molar-refractivity contribution is 5.93. The Morgan fingerprint density at radius 2 is 2.11 bits per heavy atom. The first-order chi connectivity index (χ1) is 8.65. The van der Waals surface area contributed by atoms with E-state index in [1.165, 1.54) is 0 Å². The van der Waals surface area contributed by atoms with Crippen LogP contribution < -0.4 is 5.32 Å². The molecule has 1 aliphatic rings. The standard InChI is InChI=1S/C14H17N3O/c1-11-6-5-7-12(16-11)13(18)17-14(10-15)8-3-2-4-9-14/h5-7H,2-4,8-9H2,1H3,(H,17,18). The monoisotopic (exact) mass is 243 g/mol. The van der Waals surface area contributed by atoms with E-state index in [1.807, 2.05) is 13.0 Å². The second kappa shape index (κ2) is 5.18. The number of hydrogen-bond donors (Lipinski definition) is 1. The fourth-order valence-corrected chi connectivity index (χ4v) is 2.37. The highest BCUT2D eigenvalue weighted by Crippen LogP contribution is 2.27. The van der Waals surface area contributed by atoms with Crippen molar-refractivity contribution in [2.45, 2.75) is 44.6 Å². The minimum absolute atomic E-state index is 0.248. The number of nitriles is 1. The topological polar surface area (TPSA) is 65.8 Å². The maximum absolute atomic E-state index is 12.1. The molecule has 0 bridgehead atoms. The summed E-state index contributed by atoms with van der Waals surface area (Å²) in [6.45, 7) is 1.84. The zero-order valence-corrected chi connectivity index (χ0v) is 10.6. The third kappa shape index (κ3) is 2.67. The number of aryl methyl sites for hydroxylation is 1. The number of amides is 1. The van der Waals surface area contributed by atoms with Crippen LogP contribution in [0.15, 0.2) is 18.2 Å². The summed E-state index contributed by atoms with van der Waals surface area (Å²) in [5.41, 5.74) is 0.494. The Morgan fingerprint density at radius 1 is 1.39 bits per heavy atom. The van der Waals surface area contributed by atoms with Gasteiger partial charge in [0.15, 0.2) is 0 Å². The van der Waals surface area contributed by atoms with Crippen molar-refractivity contribution >= 4 is 5.91 Å². The Morgan fingerprint density at radius 3 is 2.72 bits per heavy atom. The van der Waals surface area contributed by atoms with Crippen molar-refractivity contribution in [1.29, 1.82) is 5.26 Å². The largest absolute Gasteiger partial charge is 0.332 e.